The number of hydrogen-bond acceptors (Lipinski definition) is 3. The maximum Gasteiger partial charge on any atom is 0.311 e. The number of benzene rings is 1. The predicted octanol–water partition coefficient (Wildman–Crippen LogP) is 3.82. The lowest BCUT2D eigenvalue weighted by Gasteiger charge is -2.68. The van der Waals surface area contributed by atoms with Gasteiger partial charge in [-0.1, -0.05) is 27.5 Å². The topological polar surface area (TPSA) is 35.5 Å². The van der Waals surface area contributed by atoms with Crippen molar-refractivity contribution in [2.75, 3.05) is 13.7 Å². The number of rotatable bonds is 4. The Kier molecular flexibility index (Phi) is 3.06. The molecule has 3 aliphatic rings. The molecule has 19 heavy (non-hydrogen) atoms. The molecule has 5 heteroatoms. The average molecular weight is 346 g/mol. The van der Waals surface area contributed by atoms with E-state index >= 15 is 0 Å². The maximum atomic E-state index is 11.6. The Morgan fingerprint density at radius 2 is 2.11 bits per heavy atom. The highest BCUT2D eigenvalue weighted by Gasteiger charge is 2.72. The van der Waals surface area contributed by atoms with E-state index in [2.05, 4.69) is 15.9 Å². The van der Waals surface area contributed by atoms with Gasteiger partial charge in [-0.3, -0.25) is 4.79 Å². The van der Waals surface area contributed by atoms with Gasteiger partial charge >= 0.3 is 5.97 Å². The molecule has 4 rings (SSSR count). The van der Waals surface area contributed by atoms with Gasteiger partial charge in [0, 0.05) is 9.89 Å². The van der Waals surface area contributed by atoms with Crippen LogP contribution in [0.5, 0.6) is 5.75 Å². The minimum Gasteiger partial charge on any atom is -0.491 e. The van der Waals surface area contributed by atoms with E-state index in [-0.39, 0.29) is 16.8 Å². The van der Waals surface area contributed by atoms with Crippen molar-refractivity contribution in [2.45, 2.75) is 19.3 Å². The Hall–Kier alpha value is -0.740. The zero-order chi connectivity index (χ0) is 13.7. The molecular weight excluding hydrogens is 332 g/mol. The molecule has 0 saturated heterocycles. The van der Waals surface area contributed by atoms with Crippen molar-refractivity contribution in [1.82, 2.24) is 0 Å². The lowest BCUT2D eigenvalue weighted by Crippen LogP contribution is -2.67. The Morgan fingerprint density at radius 3 is 2.68 bits per heavy atom. The van der Waals surface area contributed by atoms with Gasteiger partial charge in [-0.05, 0) is 37.5 Å². The van der Waals surface area contributed by atoms with Crippen LogP contribution in [0.4, 0.5) is 0 Å². The largest absolute Gasteiger partial charge is 0.491 e. The molecule has 0 aliphatic heterocycles. The second-order valence-corrected chi connectivity index (χ2v) is 6.99. The number of halogens is 2. The SMILES string of the molecule is COC(=O)C12CC(COc3ccc(Br)cc3Cl)(C1)C2. The molecule has 0 unspecified atom stereocenters. The number of hydrogen-bond donors (Lipinski definition) is 0. The van der Waals surface area contributed by atoms with E-state index in [4.69, 9.17) is 21.1 Å². The van der Waals surface area contributed by atoms with Crippen molar-refractivity contribution in [3.63, 3.8) is 0 Å². The van der Waals surface area contributed by atoms with Crippen LogP contribution in [0.15, 0.2) is 22.7 Å². The molecule has 0 radical (unpaired) electrons. The summed E-state index contributed by atoms with van der Waals surface area (Å²) in [6.07, 6.45) is 2.63. The summed E-state index contributed by atoms with van der Waals surface area (Å²) in [5.74, 6) is 0.623. The zero-order valence-corrected chi connectivity index (χ0v) is 12.9. The third kappa shape index (κ3) is 2.05. The van der Waals surface area contributed by atoms with Gasteiger partial charge in [-0.25, -0.2) is 0 Å². The van der Waals surface area contributed by atoms with Crippen LogP contribution in [0.2, 0.25) is 5.02 Å². The third-order valence-electron chi connectivity index (χ3n) is 4.19. The smallest absolute Gasteiger partial charge is 0.311 e. The van der Waals surface area contributed by atoms with Gasteiger partial charge < -0.3 is 9.47 Å². The van der Waals surface area contributed by atoms with E-state index < -0.39 is 0 Å². The molecule has 0 heterocycles. The molecule has 0 amide bonds. The van der Waals surface area contributed by atoms with Crippen molar-refractivity contribution >= 4 is 33.5 Å². The highest BCUT2D eigenvalue weighted by molar-refractivity contribution is 9.10. The van der Waals surface area contributed by atoms with Crippen molar-refractivity contribution in [2.24, 2.45) is 10.8 Å². The van der Waals surface area contributed by atoms with Gasteiger partial charge in [0.25, 0.3) is 0 Å². The fourth-order valence-electron chi connectivity index (χ4n) is 3.41. The average Bonchev–Trinajstić information content (AvgIpc) is 2.27. The molecule has 2 bridgehead atoms. The highest BCUT2D eigenvalue weighted by atomic mass is 79.9. The van der Waals surface area contributed by atoms with Crippen molar-refractivity contribution in [1.29, 1.82) is 0 Å². The highest BCUT2D eigenvalue weighted by Crippen LogP contribution is 2.73. The van der Waals surface area contributed by atoms with E-state index in [0.29, 0.717) is 17.4 Å². The minimum atomic E-state index is -0.207. The van der Waals surface area contributed by atoms with E-state index in [0.717, 1.165) is 23.7 Å². The van der Waals surface area contributed by atoms with Crippen LogP contribution in [0.25, 0.3) is 0 Å². The van der Waals surface area contributed by atoms with Gasteiger partial charge in [0.2, 0.25) is 0 Å². The van der Waals surface area contributed by atoms with Gasteiger partial charge in [0.15, 0.2) is 0 Å². The first-order valence-corrected chi connectivity index (χ1v) is 7.32. The molecule has 0 spiro atoms. The predicted molar refractivity (Wildman–Crippen MR) is 75.4 cm³/mol. The van der Waals surface area contributed by atoms with E-state index in [1.807, 2.05) is 18.2 Å². The summed E-state index contributed by atoms with van der Waals surface area (Å²) in [6, 6.07) is 5.57. The van der Waals surface area contributed by atoms with Crippen LogP contribution in [0.1, 0.15) is 19.3 Å². The third-order valence-corrected chi connectivity index (χ3v) is 4.97. The lowest BCUT2D eigenvalue weighted by atomic mass is 9.35. The molecule has 1 aromatic carbocycles. The fraction of sp³-hybridized carbons (Fsp3) is 0.500. The zero-order valence-electron chi connectivity index (χ0n) is 10.5. The minimum absolute atomic E-state index is 0.0731. The molecule has 0 atom stereocenters. The van der Waals surface area contributed by atoms with E-state index in [1.54, 1.807) is 0 Å². The Balaban J connectivity index is 1.57. The summed E-state index contributed by atoms with van der Waals surface area (Å²) in [6.45, 7) is 0.618. The monoisotopic (exact) mass is 344 g/mol. The summed E-state index contributed by atoms with van der Waals surface area (Å²) in [7, 11) is 1.45. The standard InChI is InChI=1S/C14H14BrClO3/c1-18-12(17)14-5-13(6-14,7-14)8-19-11-3-2-9(15)4-10(11)16/h2-4H,5-8H2,1H3. The molecule has 0 N–H and O–H groups in total. The molecule has 3 nitrogen and oxygen atoms in total. The second kappa shape index (κ2) is 4.38. The normalized spacial score (nSPS) is 31.1. The van der Waals surface area contributed by atoms with Crippen LogP contribution >= 0.6 is 27.5 Å². The van der Waals surface area contributed by atoms with Crippen LogP contribution in [0, 0.1) is 10.8 Å². The first kappa shape index (κ1) is 13.3. The maximum absolute atomic E-state index is 11.6. The van der Waals surface area contributed by atoms with Crippen LogP contribution in [-0.4, -0.2) is 19.7 Å². The first-order chi connectivity index (χ1) is 8.99. The number of ether oxygens (including phenoxy) is 2. The fourth-order valence-corrected chi connectivity index (χ4v) is 4.14. The molecule has 3 saturated carbocycles. The van der Waals surface area contributed by atoms with Gasteiger partial charge in [-0.15, -0.1) is 0 Å². The van der Waals surface area contributed by atoms with Crippen LogP contribution < -0.4 is 4.74 Å². The number of methoxy groups -OCH3 is 1. The molecule has 3 aliphatic carbocycles. The van der Waals surface area contributed by atoms with E-state index in [1.165, 1.54) is 7.11 Å². The molecule has 0 aromatic heterocycles. The quantitative estimate of drug-likeness (QED) is 0.778. The van der Waals surface area contributed by atoms with Crippen LogP contribution in [0.3, 0.4) is 0 Å². The number of carbonyl (C=O) groups excluding carboxylic acids is 1. The summed E-state index contributed by atoms with van der Waals surface area (Å²) in [5, 5.41) is 0.601. The number of esters is 1. The molecule has 3 fully saturated rings. The van der Waals surface area contributed by atoms with Crippen molar-refractivity contribution < 1.29 is 14.3 Å². The lowest BCUT2D eigenvalue weighted by molar-refractivity contribution is -0.233. The van der Waals surface area contributed by atoms with Gasteiger partial charge in [-0.2, -0.15) is 0 Å². The molecule has 102 valence electrons. The summed E-state index contributed by atoms with van der Waals surface area (Å²) >= 11 is 9.46. The van der Waals surface area contributed by atoms with Gasteiger partial charge in [0.1, 0.15) is 5.75 Å². The Bertz CT molecular complexity index is 524. The summed E-state index contributed by atoms with van der Waals surface area (Å²) < 4.78 is 11.5. The first-order valence-electron chi connectivity index (χ1n) is 6.15. The summed E-state index contributed by atoms with van der Waals surface area (Å²) in [4.78, 5) is 11.6. The van der Waals surface area contributed by atoms with Crippen LogP contribution in [-0.2, 0) is 9.53 Å². The number of carbonyl (C=O) groups is 1. The summed E-state index contributed by atoms with van der Waals surface area (Å²) in [5.41, 5.74) is -0.0494. The van der Waals surface area contributed by atoms with Gasteiger partial charge in [0.05, 0.1) is 24.2 Å². The van der Waals surface area contributed by atoms with Crippen molar-refractivity contribution in [3.8, 4) is 5.75 Å². The Labute approximate surface area is 125 Å². The molecule has 1 aromatic rings. The van der Waals surface area contributed by atoms with E-state index in [9.17, 15) is 4.79 Å². The second-order valence-electron chi connectivity index (χ2n) is 5.67. The van der Waals surface area contributed by atoms with Crippen molar-refractivity contribution in [3.05, 3.63) is 27.7 Å². The molecular formula is C14H14BrClO3. The Morgan fingerprint density at radius 1 is 1.42 bits per heavy atom.